The average Bonchev–Trinajstić information content (AvgIpc) is 3.37. The fourth-order valence-corrected chi connectivity index (χ4v) is 4.88. The van der Waals surface area contributed by atoms with Crippen LogP contribution in [-0.4, -0.2) is 43.6 Å². The predicted molar refractivity (Wildman–Crippen MR) is 100 cm³/mol. The highest BCUT2D eigenvalue weighted by Gasteiger charge is 2.57. The number of aliphatic hydroxyl groups is 2. The molecule has 1 aromatic carbocycles. The second-order valence-corrected chi connectivity index (χ2v) is 7.97. The van der Waals surface area contributed by atoms with E-state index in [9.17, 15) is 10.2 Å². The van der Waals surface area contributed by atoms with Crippen LogP contribution < -0.4 is 0 Å². The maximum absolute atomic E-state index is 10.9. The fourth-order valence-electron chi connectivity index (χ4n) is 4.69. The van der Waals surface area contributed by atoms with Crippen LogP contribution in [0.15, 0.2) is 48.9 Å². The van der Waals surface area contributed by atoms with Crippen molar-refractivity contribution in [3.8, 4) is 0 Å². The minimum Gasteiger partial charge on any atom is -0.390 e. The van der Waals surface area contributed by atoms with Gasteiger partial charge in [0.05, 0.1) is 30.2 Å². The molecule has 5 rings (SSSR count). The molecule has 6 nitrogen and oxygen atoms in total. The van der Waals surface area contributed by atoms with E-state index in [0.29, 0.717) is 30.2 Å². The van der Waals surface area contributed by atoms with E-state index < -0.39 is 17.6 Å². The fraction of sp³-hybridized carbons (Fsp3) is 0.400. The Kier molecular flexibility index (Phi) is 3.98. The third-order valence-corrected chi connectivity index (χ3v) is 6.42. The molecule has 1 aliphatic heterocycles. The molecule has 0 radical (unpaired) electrons. The van der Waals surface area contributed by atoms with Gasteiger partial charge in [-0.1, -0.05) is 41.9 Å². The summed E-state index contributed by atoms with van der Waals surface area (Å²) < 4.78 is 7.94. The van der Waals surface area contributed by atoms with Crippen LogP contribution in [0.25, 0.3) is 11.0 Å². The second-order valence-electron chi connectivity index (χ2n) is 7.61. The number of halogens is 1. The van der Waals surface area contributed by atoms with Gasteiger partial charge in [0.25, 0.3) is 0 Å². The number of fused-ring (bicyclic) bond motifs is 1. The molecule has 5 unspecified atom stereocenters. The molecule has 5 atom stereocenters. The molecular formula is C20H20ClN3O3. The first-order chi connectivity index (χ1) is 13.1. The summed E-state index contributed by atoms with van der Waals surface area (Å²) >= 11 is 6.15. The summed E-state index contributed by atoms with van der Waals surface area (Å²) in [5.41, 5.74) is 1.30. The molecule has 140 valence electrons. The van der Waals surface area contributed by atoms with Gasteiger partial charge in [-0.15, -0.1) is 0 Å². The summed E-state index contributed by atoms with van der Waals surface area (Å²) in [5, 5.41) is 22.9. The number of aliphatic hydroxyl groups excluding tert-OH is 2. The Balaban J connectivity index is 1.47. The molecule has 2 N–H and O–H groups in total. The average molecular weight is 386 g/mol. The second kappa shape index (κ2) is 6.27. The SMILES string of the molecule is OC1C(n2ccc3c(Cl)ncnc32)CC2(COC(c3ccccc3)C2)C1O. The maximum Gasteiger partial charge on any atom is 0.145 e. The maximum atomic E-state index is 10.9. The normalized spacial score (nSPS) is 33.3. The van der Waals surface area contributed by atoms with Crippen molar-refractivity contribution in [3.63, 3.8) is 0 Å². The van der Waals surface area contributed by atoms with Gasteiger partial charge in [0.1, 0.15) is 23.2 Å². The van der Waals surface area contributed by atoms with Crippen molar-refractivity contribution in [1.29, 1.82) is 0 Å². The van der Waals surface area contributed by atoms with Crippen LogP contribution in [0.2, 0.25) is 5.15 Å². The van der Waals surface area contributed by atoms with E-state index in [2.05, 4.69) is 9.97 Å². The van der Waals surface area contributed by atoms with Crippen LogP contribution in [-0.2, 0) is 4.74 Å². The summed E-state index contributed by atoms with van der Waals surface area (Å²) in [6, 6.07) is 11.6. The van der Waals surface area contributed by atoms with E-state index in [0.717, 1.165) is 10.9 Å². The quantitative estimate of drug-likeness (QED) is 0.663. The van der Waals surface area contributed by atoms with Crippen molar-refractivity contribution in [2.45, 2.75) is 37.2 Å². The lowest BCUT2D eigenvalue weighted by atomic mass is 9.80. The van der Waals surface area contributed by atoms with Gasteiger partial charge in [0.2, 0.25) is 0 Å². The van der Waals surface area contributed by atoms with Crippen LogP contribution in [0.1, 0.15) is 30.6 Å². The van der Waals surface area contributed by atoms with Crippen molar-refractivity contribution < 1.29 is 14.9 Å². The lowest BCUT2D eigenvalue weighted by Gasteiger charge is -2.26. The van der Waals surface area contributed by atoms with E-state index in [4.69, 9.17) is 16.3 Å². The Morgan fingerprint density at radius 1 is 1.11 bits per heavy atom. The topological polar surface area (TPSA) is 80.4 Å². The molecule has 0 bridgehead atoms. The monoisotopic (exact) mass is 385 g/mol. The predicted octanol–water partition coefficient (Wildman–Crippen LogP) is 2.90. The molecule has 3 heterocycles. The summed E-state index contributed by atoms with van der Waals surface area (Å²) in [6.07, 6.45) is 2.75. The zero-order chi connectivity index (χ0) is 18.6. The van der Waals surface area contributed by atoms with Crippen molar-refractivity contribution in [1.82, 2.24) is 14.5 Å². The molecule has 2 fully saturated rings. The van der Waals surface area contributed by atoms with E-state index >= 15 is 0 Å². The lowest BCUT2D eigenvalue weighted by molar-refractivity contribution is -0.0309. The number of hydrogen-bond acceptors (Lipinski definition) is 5. The zero-order valence-electron chi connectivity index (χ0n) is 14.6. The summed E-state index contributed by atoms with van der Waals surface area (Å²) in [6.45, 7) is 0.427. The Bertz CT molecular complexity index is 979. The van der Waals surface area contributed by atoms with Gasteiger partial charge in [-0.2, -0.15) is 0 Å². The van der Waals surface area contributed by atoms with Crippen LogP contribution in [0.5, 0.6) is 0 Å². The molecule has 2 aliphatic rings. The summed E-state index contributed by atoms with van der Waals surface area (Å²) in [5.74, 6) is 0. The Labute approximate surface area is 161 Å². The smallest absolute Gasteiger partial charge is 0.145 e. The molecule has 1 spiro atoms. The van der Waals surface area contributed by atoms with Crippen LogP contribution in [0.4, 0.5) is 0 Å². The molecule has 7 heteroatoms. The highest BCUT2D eigenvalue weighted by molar-refractivity contribution is 6.33. The van der Waals surface area contributed by atoms with Gasteiger partial charge in [0.15, 0.2) is 0 Å². The van der Waals surface area contributed by atoms with Crippen LogP contribution in [0.3, 0.4) is 0 Å². The molecule has 1 saturated heterocycles. The first kappa shape index (κ1) is 17.1. The third kappa shape index (κ3) is 2.59. The lowest BCUT2D eigenvalue weighted by Crippen LogP contribution is -2.37. The van der Waals surface area contributed by atoms with E-state index in [1.165, 1.54) is 6.33 Å². The van der Waals surface area contributed by atoms with Gasteiger partial charge in [-0.3, -0.25) is 0 Å². The number of aromatic nitrogens is 3. The largest absolute Gasteiger partial charge is 0.390 e. The van der Waals surface area contributed by atoms with Gasteiger partial charge in [0, 0.05) is 11.6 Å². The number of rotatable bonds is 2. The van der Waals surface area contributed by atoms with E-state index in [1.807, 2.05) is 47.2 Å². The van der Waals surface area contributed by atoms with Gasteiger partial charge in [-0.25, -0.2) is 9.97 Å². The van der Waals surface area contributed by atoms with Crippen molar-refractivity contribution in [3.05, 3.63) is 59.6 Å². The van der Waals surface area contributed by atoms with Gasteiger partial charge < -0.3 is 19.5 Å². The Hall–Kier alpha value is -1.99. The minimum absolute atomic E-state index is 0.0648. The van der Waals surface area contributed by atoms with Crippen molar-refractivity contribution in [2.75, 3.05) is 6.61 Å². The Morgan fingerprint density at radius 2 is 1.93 bits per heavy atom. The molecule has 1 saturated carbocycles. The summed E-state index contributed by atoms with van der Waals surface area (Å²) in [4.78, 5) is 8.33. The highest BCUT2D eigenvalue weighted by Crippen LogP contribution is 2.54. The minimum atomic E-state index is -0.896. The van der Waals surface area contributed by atoms with Gasteiger partial charge >= 0.3 is 0 Å². The third-order valence-electron chi connectivity index (χ3n) is 6.11. The first-order valence-electron chi connectivity index (χ1n) is 9.09. The number of hydrogen-bond donors (Lipinski definition) is 2. The van der Waals surface area contributed by atoms with Crippen LogP contribution >= 0.6 is 11.6 Å². The number of ether oxygens (including phenoxy) is 1. The van der Waals surface area contributed by atoms with Crippen molar-refractivity contribution >= 4 is 22.6 Å². The standard InChI is InChI=1S/C20H20ClN3O3/c21-18-13-6-7-24(19(13)23-11-22-18)14-8-20(17(26)16(14)25)9-15(27-10-20)12-4-2-1-3-5-12/h1-7,11,14-17,25-26H,8-10H2. The molecule has 2 aromatic heterocycles. The van der Waals surface area contributed by atoms with E-state index in [-0.39, 0.29) is 12.1 Å². The first-order valence-corrected chi connectivity index (χ1v) is 9.47. The van der Waals surface area contributed by atoms with Crippen LogP contribution in [0, 0.1) is 5.41 Å². The number of benzene rings is 1. The molecule has 27 heavy (non-hydrogen) atoms. The van der Waals surface area contributed by atoms with E-state index in [1.54, 1.807) is 0 Å². The molecule has 0 amide bonds. The zero-order valence-corrected chi connectivity index (χ0v) is 15.3. The van der Waals surface area contributed by atoms with Crippen molar-refractivity contribution in [2.24, 2.45) is 5.41 Å². The molecule has 1 aliphatic carbocycles. The Morgan fingerprint density at radius 3 is 2.74 bits per heavy atom. The molecular weight excluding hydrogens is 366 g/mol. The number of nitrogens with zero attached hydrogens (tertiary/aromatic N) is 3. The highest BCUT2D eigenvalue weighted by atomic mass is 35.5. The summed E-state index contributed by atoms with van der Waals surface area (Å²) in [7, 11) is 0. The molecule has 3 aromatic rings. The van der Waals surface area contributed by atoms with Gasteiger partial charge in [-0.05, 0) is 24.5 Å².